The summed E-state index contributed by atoms with van der Waals surface area (Å²) in [6, 6.07) is 13.4. The Hall–Kier alpha value is -4.33. The Labute approximate surface area is 209 Å². The summed E-state index contributed by atoms with van der Waals surface area (Å²) in [5.41, 5.74) is 3.14. The first-order chi connectivity index (χ1) is 17.0. The summed E-state index contributed by atoms with van der Waals surface area (Å²) in [5.74, 6) is 1.17. The number of aryl methyl sites for hydroxylation is 1. The van der Waals surface area contributed by atoms with Crippen molar-refractivity contribution in [3.63, 3.8) is 0 Å². The van der Waals surface area contributed by atoms with Gasteiger partial charge in [-0.15, -0.1) is 0 Å². The molecule has 0 atom stereocenters. The van der Waals surface area contributed by atoms with Crippen LogP contribution in [-0.2, 0) is 11.8 Å². The molecular formula is C28H29N3O5. The predicted molar refractivity (Wildman–Crippen MR) is 140 cm³/mol. The molecule has 0 fully saturated rings. The maximum Gasteiger partial charge on any atom is 0.340 e. The average molecular weight is 488 g/mol. The molecular weight excluding hydrogens is 458 g/mol. The molecule has 0 saturated heterocycles. The first-order valence-electron chi connectivity index (χ1n) is 11.5. The van der Waals surface area contributed by atoms with Gasteiger partial charge in [-0.2, -0.15) is 0 Å². The van der Waals surface area contributed by atoms with Gasteiger partial charge >= 0.3 is 11.7 Å². The van der Waals surface area contributed by atoms with Crippen LogP contribution in [0.3, 0.4) is 0 Å². The molecule has 2 aromatic carbocycles. The Kier molecular flexibility index (Phi) is 6.70. The molecule has 2 heterocycles. The smallest absolute Gasteiger partial charge is 0.340 e. The number of nitrogens with zero attached hydrogens (tertiary/aromatic N) is 1. The third-order valence-corrected chi connectivity index (χ3v) is 6.01. The van der Waals surface area contributed by atoms with Crippen LogP contribution in [0.5, 0.6) is 11.5 Å². The standard InChI is InChI=1S/C28H29N3O5/c1-16-20-13-22(28(2,3)4)23(32)14-24(20)36-26(33)21(16)12-17-6-11-25(29-15-17)31-27(34)30-18-7-9-19(35-5)10-8-18/h6-11,13-15,32H,12H2,1-5H3,(H2,29,30,31,34). The normalized spacial score (nSPS) is 11.4. The fourth-order valence-electron chi connectivity index (χ4n) is 3.99. The van der Waals surface area contributed by atoms with Crippen LogP contribution in [0, 0.1) is 6.92 Å². The van der Waals surface area contributed by atoms with Crippen molar-refractivity contribution in [2.75, 3.05) is 17.7 Å². The van der Waals surface area contributed by atoms with Gasteiger partial charge in [0.15, 0.2) is 0 Å². The van der Waals surface area contributed by atoms with Crippen LogP contribution in [0.1, 0.15) is 43.0 Å². The molecule has 2 amide bonds. The number of phenols is 1. The van der Waals surface area contributed by atoms with E-state index in [0.717, 1.165) is 22.1 Å². The van der Waals surface area contributed by atoms with E-state index in [2.05, 4.69) is 15.6 Å². The van der Waals surface area contributed by atoms with Crippen molar-refractivity contribution in [2.24, 2.45) is 0 Å². The number of anilines is 2. The lowest BCUT2D eigenvalue weighted by molar-refractivity contribution is 0.262. The molecule has 0 unspecified atom stereocenters. The number of urea groups is 1. The number of phenolic OH excluding ortho intramolecular Hbond substituents is 1. The summed E-state index contributed by atoms with van der Waals surface area (Å²) in [4.78, 5) is 29.3. The van der Waals surface area contributed by atoms with Gasteiger partial charge in [0, 0.05) is 40.9 Å². The van der Waals surface area contributed by atoms with Crippen LogP contribution in [0.25, 0.3) is 11.0 Å². The number of nitrogens with one attached hydrogen (secondary N) is 2. The summed E-state index contributed by atoms with van der Waals surface area (Å²) in [6.45, 7) is 7.93. The minimum atomic E-state index is -0.455. The number of ether oxygens (including phenoxy) is 1. The zero-order chi connectivity index (χ0) is 26.0. The summed E-state index contributed by atoms with van der Waals surface area (Å²) >= 11 is 0. The zero-order valence-electron chi connectivity index (χ0n) is 20.9. The van der Waals surface area contributed by atoms with E-state index in [9.17, 15) is 14.7 Å². The predicted octanol–water partition coefficient (Wildman–Crippen LogP) is 5.74. The molecule has 0 aliphatic carbocycles. The topological polar surface area (TPSA) is 114 Å². The number of pyridine rings is 1. The van der Waals surface area contributed by atoms with Crippen molar-refractivity contribution < 1.29 is 19.1 Å². The van der Waals surface area contributed by atoms with Crippen molar-refractivity contribution in [1.82, 2.24) is 4.98 Å². The van der Waals surface area contributed by atoms with E-state index in [1.54, 1.807) is 49.7 Å². The van der Waals surface area contributed by atoms with E-state index in [1.165, 1.54) is 6.07 Å². The van der Waals surface area contributed by atoms with Crippen LogP contribution in [-0.4, -0.2) is 23.2 Å². The fraction of sp³-hybridized carbons (Fsp3) is 0.250. The van der Waals surface area contributed by atoms with Gasteiger partial charge in [0.05, 0.1) is 7.11 Å². The van der Waals surface area contributed by atoms with E-state index >= 15 is 0 Å². The lowest BCUT2D eigenvalue weighted by atomic mass is 9.85. The molecule has 2 aromatic heterocycles. The highest BCUT2D eigenvalue weighted by molar-refractivity contribution is 5.99. The molecule has 0 radical (unpaired) electrons. The highest BCUT2D eigenvalue weighted by Crippen LogP contribution is 2.35. The second-order valence-electron chi connectivity index (χ2n) is 9.64. The maximum atomic E-state index is 12.7. The molecule has 36 heavy (non-hydrogen) atoms. The third kappa shape index (κ3) is 5.33. The Morgan fingerprint density at radius 1 is 1.08 bits per heavy atom. The van der Waals surface area contributed by atoms with E-state index < -0.39 is 11.7 Å². The van der Waals surface area contributed by atoms with E-state index in [4.69, 9.17) is 9.15 Å². The largest absolute Gasteiger partial charge is 0.508 e. The van der Waals surface area contributed by atoms with Gasteiger partial charge in [-0.3, -0.25) is 5.32 Å². The molecule has 0 saturated carbocycles. The molecule has 0 aliphatic rings. The van der Waals surface area contributed by atoms with Gasteiger partial charge < -0.3 is 19.6 Å². The number of carbonyl (C=O) groups excluding carboxylic acids is 1. The lowest BCUT2D eigenvalue weighted by Crippen LogP contribution is -2.20. The lowest BCUT2D eigenvalue weighted by Gasteiger charge is -2.21. The summed E-state index contributed by atoms with van der Waals surface area (Å²) in [6.07, 6.45) is 1.94. The number of fused-ring (bicyclic) bond motifs is 1. The summed E-state index contributed by atoms with van der Waals surface area (Å²) in [5, 5.41) is 16.6. The van der Waals surface area contributed by atoms with Crippen molar-refractivity contribution in [3.05, 3.63) is 87.4 Å². The number of amides is 2. The SMILES string of the molecule is COc1ccc(NC(=O)Nc2ccc(Cc3c(C)c4cc(C(C)(C)C)c(O)cc4oc3=O)cn2)cc1. The molecule has 0 bridgehead atoms. The Bertz CT molecular complexity index is 1470. The Morgan fingerprint density at radius 3 is 2.42 bits per heavy atom. The fourth-order valence-corrected chi connectivity index (χ4v) is 3.99. The average Bonchev–Trinajstić information content (AvgIpc) is 2.82. The van der Waals surface area contributed by atoms with Crippen molar-refractivity contribution in [1.29, 1.82) is 0 Å². The number of carbonyl (C=O) groups is 1. The summed E-state index contributed by atoms with van der Waals surface area (Å²) < 4.78 is 10.6. The van der Waals surface area contributed by atoms with Gasteiger partial charge in [-0.25, -0.2) is 14.6 Å². The number of aromatic hydroxyl groups is 1. The van der Waals surface area contributed by atoms with Crippen molar-refractivity contribution in [2.45, 2.75) is 39.5 Å². The molecule has 4 rings (SSSR count). The highest BCUT2D eigenvalue weighted by Gasteiger charge is 2.21. The van der Waals surface area contributed by atoms with Gasteiger partial charge in [0.25, 0.3) is 0 Å². The van der Waals surface area contributed by atoms with Crippen molar-refractivity contribution >= 4 is 28.5 Å². The number of hydrogen-bond donors (Lipinski definition) is 3. The number of rotatable bonds is 5. The van der Waals surface area contributed by atoms with Crippen LogP contribution >= 0.6 is 0 Å². The van der Waals surface area contributed by atoms with E-state index in [1.807, 2.05) is 33.8 Å². The highest BCUT2D eigenvalue weighted by atomic mass is 16.5. The second kappa shape index (κ2) is 9.73. The van der Waals surface area contributed by atoms with Gasteiger partial charge in [-0.1, -0.05) is 26.8 Å². The van der Waals surface area contributed by atoms with Crippen LogP contribution < -0.4 is 21.0 Å². The Balaban J connectivity index is 1.51. The monoisotopic (exact) mass is 487 g/mol. The minimum Gasteiger partial charge on any atom is -0.508 e. The first-order valence-corrected chi connectivity index (χ1v) is 11.5. The first kappa shape index (κ1) is 24.8. The minimum absolute atomic E-state index is 0.105. The van der Waals surface area contributed by atoms with E-state index in [-0.39, 0.29) is 11.2 Å². The van der Waals surface area contributed by atoms with Crippen LogP contribution in [0.15, 0.2) is 63.9 Å². The van der Waals surface area contributed by atoms with Gasteiger partial charge in [-0.05, 0) is 59.9 Å². The molecule has 8 heteroatoms. The number of aromatic nitrogens is 1. The zero-order valence-corrected chi connectivity index (χ0v) is 20.9. The van der Waals surface area contributed by atoms with Gasteiger partial charge in [0.2, 0.25) is 0 Å². The van der Waals surface area contributed by atoms with Crippen molar-refractivity contribution in [3.8, 4) is 11.5 Å². The third-order valence-electron chi connectivity index (χ3n) is 6.01. The molecule has 8 nitrogen and oxygen atoms in total. The number of hydrogen-bond acceptors (Lipinski definition) is 6. The quantitative estimate of drug-likeness (QED) is 0.309. The molecule has 3 N–H and O–H groups in total. The van der Waals surface area contributed by atoms with Gasteiger partial charge in [0.1, 0.15) is 22.9 Å². The summed E-state index contributed by atoms with van der Waals surface area (Å²) in [7, 11) is 1.58. The number of methoxy groups -OCH3 is 1. The second-order valence-corrected chi connectivity index (χ2v) is 9.64. The number of benzene rings is 2. The molecule has 0 spiro atoms. The van der Waals surface area contributed by atoms with Crippen LogP contribution in [0.4, 0.5) is 16.3 Å². The molecule has 4 aromatic rings. The maximum absolute atomic E-state index is 12.7. The molecule has 0 aliphatic heterocycles. The van der Waals surface area contributed by atoms with Crippen LogP contribution in [0.2, 0.25) is 0 Å². The molecule has 186 valence electrons. The Morgan fingerprint density at radius 2 is 1.81 bits per heavy atom. The van der Waals surface area contributed by atoms with E-state index in [0.29, 0.717) is 34.8 Å².